The standard InChI is InChI=1S/C11H9BrFN/c12-9-3-1-8(2-4-9)11(7-14)5-10(13)6-11/h1-4,10H,5-6H2. The Bertz CT molecular complexity index is 373. The van der Waals surface area contributed by atoms with Crippen molar-refractivity contribution in [3.63, 3.8) is 0 Å². The minimum atomic E-state index is -0.807. The summed E-state index contributed by atoms with van der Waals surface area (Å²) in [7, 11) is 0. The van der Waals surface area contributed by atoms with Gasteiger partial charge in [0.15, 0.2) is 0 Å². The molecule has 0 aliphatic heterocycles. The van der Waals surface area contributed by atoms with Gasteiger partial charge in [0.25, 0.3) is 0 Å². The second-order valence-electron chi connectivity index (χ2n) is 3.71. The van der Waals surface area contributed by atoms with Crippen LogP contribution in [0, 0.1) is 11.3 Å². The molecule has 0 unspecified atom stereocenters. The van der Waals surface area contributed by atoms with E-state index in [0.717, 1.165) is 10.0 Å². The highest BCUT2D eigenvalue weighted by Gasteiger charge is 2.46. The monoisotopic (exact) mass is 253 g/mol. The second-order valence-corrected chi connectivity index (χ2v) is 4.62. The highest BCUT2D eigenvalue weighted by Crippen LogP contribution is 2.45. The number of halogens is 2. The van der Waals surface area contributed by atoms with Gasteiger partial charge in [0.2, 0.25) is 0 Å². The van der Waals surface area contributed by atoms with Crippen LogP contribution in [-0.4, -0.2) is 6.17 Å². The zero-order valence-electron chi connectivity index (χ0n) is 7.50. The average Bonchev–Trinajstić information content (AvgIpc) is 2.14. The number of hydrogen-bond acceptors (Lipinski definition) is 1. The van der Waals surface area contributed by atoms with Crippen molar-refractivity contribution in [3.8, 4) is 6.07 Å². The third-order valence-electron chi connectivity index (χ3n) is 2.75. The third-order valence-corrected chi connectivity index (χ3v) is 3.28. The van der Waals surface area contributed by atoms with Gasteiger partial charge in [0, 0.05) is 17.3 Å². The van der Waals surface area contributed by atoms with Gasteiger partial charge in [-0.15, -0.1) is 0 Å². The summed E-state index contributed by atoms with van der Waals surface area (Å²) >= 11 is 3.33. The zero-order chi connectivity index (χ0) is 10.2. The van der Waals surface area contributed by atoms with Crippen molar-refractivity contribution in [1.82, 2.24) is 0 Å². The number of nitriles is 1. The van der Waals surface area contributed by atoms with Crippen LogP contribution in [0.3, 0.4) is 0 Å². The minimum absolute atomic E-state index is 0.338. The summed E-state index contributed by atoms with van der Waals surface area (Å²) < 4.78 is 13.8. The lowest BCUT2D eigenvalue weighted by Crippen LogP contribution is -2.41. The average molecular weight is 254 g/mol. The Hall–Kier alpha value is -0.880. The minimum Gasteiger partial charge on any atom is -0.247 e. The molecule has 1 aliphatic rings. The largest absolute Gasteiger partial charge is 0.247 e. The summed E-state index contributed by atoms with van der Waals surface area (Å²) in [6.45, 7) is 0. The van der Waals surface area contributed by atoms with Gasteiger partial charge in [-0.25, -0.2) is 4.39 Å². The molecule has 0 bridgehead atoms. The summed E-state index contributed by atoms with van der Waals surface area (Å²) in [5.74, 6) is 0. The van der Waals surface area contributed by atoms with E-state index in [1.165, 1.54) is 0 Å². The summed E-state index contributed by atoms with van der Waals surface area (Å²) in [6.07, 6.45) is -0.130. The molecular weight excluding hydrogens is 245 g/mol. The molecule has 0 atom stereocenters. The number of hydrogen-bond donors (Lipinski definition) is 0. The number of alkyl halides is 1. The first kappa shape index (κ1) is 9.67. The van der Waals surface area contributed by atoms with Crippen molar-refractivity contribution in [1.29, 1.82) is 5.26 Å². The van der Waals surface area contributed by atoms with E-state index >= 15 is 0 Å². The second kappa shape index (κ2) is 3.36. The maximum Gasteiger partial charge on any atom is 0.104 e. The molecule has 14 heavy (non-hydrogen) atoms. The van der Waals surface area contributed by atoms with Gasteiger partial charge in [-0.1, -0.05) is 28.1 Å². The Morgan fingerprint density at radius 1 is 1.36 bits per heavy atom. The van der Waals surface area contributed by atoms with E-state index in [9.17, 15) is 4.39 Å². The number of rotatable bonds is 1. The van der Waals surface area contributed by atoms with Crippen molar-refractivity contribution in [3.05, 3.63) is 34.3 Å². The zero-order valence-corrected chi connectivity index (χ0v) is 9.09. The van der Waals surface area contributed by atoms with Crippen LogP contribution in [0.2, 0.25) is 0 Å². The molecule has 2 rings (SSSR count). The molecular formula is C11H9BrFN. The van der Waals surface area contributed by atoms with Crippen LogP contribution < -0.4 is 0 Å². The summed E-state index contributed by atoms with van der Waals surface area (Å²) in [5.41, 5.74) is 0.359. The summed E-state index contributed by atoms with van der Waals surface area (Å²) in [5, 5.41) is 9.05. The van der Waals surface area contributed by atoms with Crippen LogP contribution in [0.25, 0.3) is 0 Å². The van der Waals surface area contributed by atoms with Crippen molar-refractivity contribution in [2.45, 2.75) is 24.4 Å². The molecule has 1 fully saturated rings. The molecule has 1 nitrogen and oxygen atoms in total. The first-order valence-electron chi connectivity index (χ1n) is 4.48. The van der Waals surface area contributed by atoms with Crippen LogP contribution in [0.15, 0.2) is 28.7 Å². The molecule has 0 heterocycles. The van der Waals surface area contributed by atoms with E-state index in [1.807, 2.05) is 24.3 Å². The third kappa shape index (κ3) is 1.44. The molecule has 1 aromatic rings. The van der Waals surface area contributed by atoms with Crippen LogP contribution >= 0.6 is 15.9 Å². The maximum absolute atomic E-state index is 12.8. The van der Waals surface area contributed by atoms with Gasteiger partial charge < -0.3 is 0 Å². The predicted molar refractivity (Wildman–Crippen MR) is 55.6 cm³/mol. The Kier molecular flexibility index (Phi) is 2.32. The molecule has 1 aromatic carbocycles. The molecule has 0 amide bonds. The molecule has 0 saturated heterocycles. The van der Waals surface area contributed by atoms with E-state index < -0.39 is 11.6 Å². The lowest BCUT2D eigenvalue weighted by atomic mass is 9.64. The molecule has 0 radical (unpaired) electrons. The highest BCUT2D eigenvalue weighted by atomic mass is 79.9. The van der Waals surface area contributed by atoms with E-state index in [-0.39, 0.29) is 0 Å². The molecule has 1 aliphatic carbocycles. The van der Waals surface area contributed by atoms with Gasteiger partial charge in [-0.05, 0) is 17.7 Å². The SMILES string of the molecule is N#CC1(c2ccc(Br)cc2)CC(F)C1. The molecule has 0 spiro atoms. The van der Waals surface area contributed by atoms with Crippen LogP contribution in [-0.2, 0) is 5.41 Å². The fourth-order valence-corrected chi connectivity index (χ4v) is 2.12. The Morgan fingerprint density at radius 3 is 2.36 bits per heavy atom. The van der Waals surface area contributed by atoms with Gasteiger partial charge >= 0.3 is 0 Å². The van der Waals surface area contributed by atoms with Crippen molar-refractivity contribution >= 4 is 15.9 Å². The molecule has 3 heteroatoms. The smallest absolute Gasteiger partial charge is 0.104 e. The summed E-state index contributed by atoms with van der Waals surface area (Å²) in [6, 6.07) is 9.78. The molecule has 72 valence electrons. The topological polar surface area (TPSA) is 23.8 Å². The van der Waals surface area contributed by atoms with E-state index in [4.69, 9.17) is 5.26 Å². The molecule has 0 N–H and O–H groups in total. The van der Waals surface area contributed by atoms with Crippen molar-refractivity contribution in [2.75, 3.05) is 0 Å². The lowest BCUT2D eigenvalue weighted by Gasteiger charge is -2.38. The Balaban J connectivity index is 2.31. The van der Waals surface area contributed by atoms with Gasteiger partial charge in [0.05, 0.1) is 11.5 Å². The van der Waals surface area contributed by atoms with Crippen molar-refractivity contribution in [2.24, 2.45) is 0 Å². The van der Waals surface area contributed by atoms with Crippen LogP contribution in [0.4, 0.5) is 4.39 Å². The fourth-order valence-electron chi connectivity index (χ4n) is 1.86. The lowest BCUT2D eigenvalue weighted by molar-refractivity contribution is 0.134. The van der Waals surface area contributed by atoms with Crippen molar-refractivity contribution < 1.29 is 4.39 Å². The van der Waals surface area contributed by atoms with Gasteiger partial charge in [0.1, 0.15) is 6.17 Å². The normalized spacial score (nSPS) is 30.5. The number of nitrogens with zero attached hydrogens (tertiary/aromatic N) is 1. The van der Waals surface area contributed by atoms with Gasteiger partial charge in [-0.2, -0.15) is 5.26 Å². The first-order valence-corrected chi connectivity index (χ1v) is 5.27. The van der Waals surface area contributed by atoms with E-state index in [1.54, 1.807) is 0 Å². The van der Waals surface area contributed by atoms with Crippen LogP contribution in [0.1, 0.15) is 18.4 Å². The summed E-state index contributed by atoms with van der Waals surface area (Å²) in [4.78, 5) is 0. The Morgan fingerprint density at radius 2 is 1.93 bits per heavy atom. The van der Waals surface area contributed by atoms with E-state index in [2.05, 4.69) is 22.0 Å². The maximum atomic E-state index is 12.8. The van der Waals surface area contributed by atoms with Gasteiger partial charge in [-0.3, -0.25) is 0 Å². The fraction of sp³-hybridized carbons (Fsp3) is 0.364. The van der Waals surface area contributed by atoms with Crippen LogP contribution in [0.5, 0.6) is 0 Å². The predicted octanol–water partition coefficient (Wildman–Crippen LogP) is 3.34. The first-order chi connectivity index (χ1) is 6.66. The quantitative estimate of drug-likeness (QED) is 0.753. The molecule has 0 aromatic heterocycles. The Labute approximate surface area is 90.7 Å². The number of benzene rings is 1. The highest BCUT2D eigenvalue weighted by molar-refractivity contribution is 9.10. The van der Waals surface area contributed by atoms with E-state index in [0.29, 0.717) is 12.8 Å². The molecule has 1 saturated carbocycles.